The molecule has 0 aliphatic rings. The van der Waals surface area contributed by atoms with Gasteiger partial charge in [-0.3, -0.25) is 9.67 Å². The van der Waals surface area contributed by atoms with Crippen molar-refractivity contribution in [3.05, 3.63) is 46.1 Å². The van der Waals surface area contributed by atoms with Gasteiger partial charge in [-0.25, -0.2) is 0 Å². The van der Waals surface area contributed by atoms with Crippen LogP contribution in [0.15, 0.2) is 36.8 Å². The van der Waals surface area contributed by atoms with Crippen LogP contribution in [0, 0.1) is 3.57 Å². The van der Waals surface area contributed by atoms with E-state index in [2.05, 4.69) is 39.6 Å². The van der Waals surface area contributed by atoms with Crippen LogP contribution in [0.2, 0.25) is 0 Å². The summed E-state index contributed by atoms with van der Waals surface area (Å²) in [5, 5.41) is 4.35. The lowest BCUT2D eigenvalue weighted by molar-refractivity contribution is 0.415. The van der Waals surface area contributed by atoms with Gasteiger partial charge in [-0.15, -0.1) is 0 Å². The van der Waals surface area contributed by atoms with E-state index in [1.54, 1.807) is 6.20 Å². The van der Waals surface area contributed by atoms with Crippen LogP contribution in [0.4, 0.5) is 0 Å². The van der Waals surface area contributed by atoms with Gasteiger partial charge in [0.2, 0.25) is 0 Å². The average Bonchev–Trinajstić information content (AvgIpc) is 2.77. The van der Waals surface area contributed by atoms with Gasteiger partial charge in [0.05, 0.1) is 15.5 Å². The lowest BCUT2D eigenvalue weighted by atomic mass is 10.0. The molecule has 2 aromatic rings. The molecule has 0 saturated carbocycles. The quantitative estimate of drug-likeness (QED) is 0.867. The second-order valence-corrected chi connectivity index (χ2v) is 5.16. The summed E-state index contributed by atoms with van der Waals surface area (Å²) in [6.45, 7) is 2.08. The van der Waals surface area contributed by atoms with Crippen LogP contribution in [0.5, 0.6) is 0 Å². The highest BCUT2D eigenvalue weighted by molar-refractivity contribution is 14.1. The maximum absolute atomic E-state index is 6.19. The monoisotopic (exact) mass is 342 g/mol. The van der Waals surface area contributed by atoms with Crippen molar-refractivity contribution in [1.29, 1.82) is 0 Å². The number of halogens is 1. The molecule has 4 nitrogen and oxygen atoms in total. The molecule has 0 amide bonds. The van der Waals surface area contributed by atoms with Crippen molar-refractivity contribution in [1.82, 2.24) is 14.8 Å². The van der Waals surface area contributed by atoms with Crippen molar-refractivity contribution in [2.45, 2.75) is 25.4 Å². The molecule has 0 aromatic carbocycles. The van der Waals surface area contributed by atoms with E-state index >= 15 is 0 Å². The molecule has 2 aromatic heterocycles. The molecule has 0 aliphatic heterocycles. The number of aromatic nitrogens is 3. The molecule has 2 rings (SSSR count). The van der Waals surface area contributed by atoms with Gasteiger partial charge < -0.3 is 5.73 Å². The van der Waals surface area contributed by atoms with E-state index in [1.165, 1.54) is 0 Å². The highest BCUT2D eigenvalue weighted by Crippen LogP contribution is 2.21. The maximum atomic E-state index is 6.19. The van der Waals surface area contributed by atoms with E-state index in [-0.39, 0.29) is 12.1 Å². The Labute approximate surface area is 114 Å². The van der Waals surface area contributed by atoms with Gasteiger partial charge in [0.25, 0.3) is 0 Å². The largest absolute Gasteiger partial charge is 0.326 e. The zero-order chi connectivity index (χ0) is 12.3. The first-order chi connectivity index (χ1) is 8.22. The minimum atomic E-state index is 0.00437. The summed E-state index contributed by atoms with van der Waals surface area (Å²) in [6.07, 6.45) is 6.51. The SMILES string of the molecule is CCC(N)C(c1ccccn1)n1cc(I)cn1. The van der Waals surface area contributed by atoms with Gasteiger partial charge in [0.15, 0.2) is 0 Å². The highest BCUT2D eigenvalue weighted by Gasteiger charge is 2.22. The number of hydrogen-bond donors (Lipinski definition) is 1. The number of rotatable bonds is 4. The summed E-state index contributed by atoms with van der Waals surface area (Å²) < 4.78 is 3.00. The third-order valence-electron chi connectivity index (χ3n) is 2.72. The Bertz CT molecular complexity index is 468. The van der Waals surface area contributed by atoms with E-state index in [4.69, 9.17) is 5.73 Å². The third-order valence-corrected chi connectivity index (χ3v) is 3.28. The predicted molar refractivity (Wildman–Crippen MR) is 75.6 cm³/mol. The molecule has 2 unspecified atom stereocenters. The molecule has 0 spiro atoms. The van der Waals surface area contributed by atoms with E-state index in [9.17, 15) is 0 Å². The Morgan fingerprint density at radius 1 is 1.47 bits per heavy atom. The van der Waals surface area contributed by atoms with Gasteiger partial charge in [0, 0.05) is 18.4 Å². The Morgan fingerprint density at radius 2 is 2.29 bits per heavy atom. The van der Waals surface area contributed by atoms with Gasteiger partial charge in [-0.2, -0.15) is 5.10 Å². The summed E-state index contributed by atoms with van der Waals surface area (Å²) >= 11 is 2.24. The first-order valence-electron chi connectivity index (χ1n) is 5.58. The van der Waals surface area contributed by atoms with Crippen molar-refractivity contribution in [3.63, 3.8) is 0 Å². The molecular formula is C12H15IN4. The fourth-order valence-corrected chi connectivity index (χ4v) is 2.20. The molecule has 17 heavy (non-hydrogen) atoms. The van der Waals surface area contributed by atoms with Crippen molar-refractivity contribution in [2.24, 2.45) is 5.73 Å². The zero-order valence-electron chi connectivity index (χ0n) is 9.62. The summed E-state index contributed by atoms with van der Waals surface area (Å²) in [5.41, 5.74) is 7.15. The molecule has 2 atom stereocenters. The second kappa shape index (κ2) is 5.59. The fraction of sp³-hybridized carbons (Fsp3) is 0.333. The van der Waals surface area contributed by atoms with Crippen LogP contribution in [-0.2, 0) is 0 Å². The number of pyridine rings is 1. The molecule has 0 fully saturated rings. The lowest BCUT2D eigenvalue weighted by Crippen LogP contribution is -2.33. The molecule has 5 heteroatoms. The lowest BCUT2D eigenvalue weighted by Gasteiger charge is -2.22. The minimum absolute atomic E-state index is 0.00437. The summed E-state index contributed by atoms with van der Waals surface area (Å²) in [5.74, 6) is 0. The van der Waals surface area contributed by atoms with E-state index in [1.807, 2.05) is 35.3 Å². The van der Waals surface area contributed by atoms with Crippen molar-refractivity contribution >= 4 is 22.6 Å². The first kappa shape index (κ1) is 12.5. The third kappa shape index (κ3) is 2.84. The average molecular weight is 342 g/mol. The number of nitrogens with two attached hydrogens (primary N) is 1. The first-order valence-corrected chi connectivity index (χ1v) is 6.66. The van der Waals surface area contributed by atoms with Crippen molar-refractivity contribution < 1.29 is 0 Å². The molecule has 0 bridgehead atoms. The molecule has 2 heterocycles. The van der Waals surface area contributed by atoms with Crippen LogP contribution in [0.1, 0.15) is 25.1 Å². The molecule has 0 radical (unpaired) electrons. The molecule has 90 valence electrons. The predicted octanol–water partition coefficient (Wildman–Crippen LogP) is 2.21. The standard InChI is InChI=1S/C12H15IN4/c1-2-10(14)12(11-5-3-4-6-15-11)17-8-9(13)7-16-17/h3-8,10,12H,2,14H2,1H3. The van der Waals surface area contributed by atoms with E-state index in [0.29, 0.717) is 0 Å². The second-order valence-electron chi connectivity index (χ2n) is 3.91. The van der Waals surface area contributed by atoms with Crippen LogP contribution >= 0.6 is 22.6 Å². The Kier molecular flexibility index (Phi) is 4.11. The maximum Gasteiger partial charge on any atom is 0.109 e. The smallest absolute Gasteiger partial charge is 0.109 e. The minimum Gasteiger partial charge on any atom is -0.326 e. The molecule has 0 saturated heterocycles. The van der Waals surface area contributed by atoms with Crippen molar-refractivity contribution in [2.75, 3.05) is 0 Å². The van der Waals surface area contributed by atoms with Crippen LogP contribution in [0.3, 0.4) is 0 Å². The van der Waals surface area contributed by atoms with Crippen LogP contribution in [-0.4, -0.2) is 20.8 Å². The summed E-state index contributed by atoms with van der Waals surface area (Å²) in [7, 11) is 0. The molecular weight excluding hydrogens is 327 g/mol. The molecule has 2 N–H and O–H groups in total. The normalized spacial score (nSPS) is 14.5. The number of nitrogens with zero attached hydrogens (tertiary/aromatic N) is 3. The van der Waals surface area contributed by atoms with Gasteiger partial charge in [-0.05, 0) is 41.1 Å². The summed E-state index contributed by atoms with van der Waals surface area (Å²) in [4.78, 5) is 4.39. The molecule has 0 aliphatic carbocycles. The van der Waals surface area contributed by atoms with Gasteiger partial charge in [0.1, 0.15) is 6.04 Å². The van der Waals surface area contributed by atoms with Crippen LogP contribution in [0.25, 0.3) is 0 Å². The highest BCUT2D eigenvalue weighted by atomic mass is 127. The Balaban J connectivity index is 2.39. The number of hydrogen-bond acceptors (Lipinski definition) is 3. The van der Waals surface area contributed by atoms with E-state index < -0.39 is 0 Å². The zero-order valence-corrected chi connectivity index (χ0v) is 11.8. The Hall–Kier alpha value is -0.950. The van der Waals surface area contributed by atoms with E-state index in [0.717, 1.165) is 15.7 Å². The Morgan fingerprint density at radius 3 is 2.82 bits per heavy atom. The van der Waals surface area contributed by atoms with Gasteiger partial charge in [-0.1, -0.05) is 13.0 Å². The summed E-state index contributed by atoms with van der Waals surface area (Å²) in [6, 6.07) is 5.90. The van der Waals surface area contributed by atoms with Gasteiger partial charge >= 0.3 is 0 Å². The topological polar surface area (TPSA) is 56.7 Å². The van der Waals surface area contributed by atoms with Crippen LogP contribution < -0.4 is 5.73 Å². The van der Waals surface area contributed by atoms with Crippen molar-refractivity contribution in [3.8, 4) is 0 Å². The fourth-order valence-electron chi connectivity index (χ4n) is 1.79.